The minimum atomic E-state index is -0.325. The molecule has 1 aliphatic heterocycles. The number of aromatic nitrogens is 1. The van der Waals surface area contributed by atoms with Crippen LogP contribution in [-0.2, 0) is 16.0 Å². The zero-order chi connectivity index (χ0) is 18.8. The van der Waals surface area contributed by atoms with Crippen LogP contribution in [0.4, 0.5) is 5.69 Å². The van der Waals surface area contributed by atoms with Gasteiger partial charge in [0.1, 0.15) is 0 Å². The Morgan fingerprint density at radius 1 is 1.42 bits per heavy atom. The quantitative estimate of drug-likeness (QED) is 0.874. The van der Waals surface area contributed by atoms with E-state index in [2.05, 4.69) is 23.3 Å². The first-order valence-electron chi connectivity index (χ1n) is 9.02. The zero-order valence-electron chi connectivity index (χ0n) is 15.7. The fourth-order valence-electron chi connectivity index (χ4n) is 3.47. The number of para-hydroxylation sites is 1. The van der Waals surface area contributed by atoms with Crippen molar-refractivity contribution in [2.24, 2.45) is 5.92 Å². The van der Waals surface area contributed by atoms with Crippen molar-refractivity contribution < 1.29 is 9.59 Å². The third kappa shape index (κ3) is 3.65. The molecule has 1 aromatic heterocycles. The van der Waals surface area contributed by atoms with Crippen molar-refractivity contribution in [1.82, 2.24) is 10.3 Å². The third-order valence-electron chi connectivity index (χ3n) is 4.91. The van der Waals surface area contributed by atoms with Crippen LogP contribution in [0.2, 0.25) is 0 Å². The number of rotatable bonds is 5. The number of amides is 2. The summed E-state index contributed by atoms with van der Waals surface area (Å²) in [6.45, 7) is 8.41. The second-order valence-electron chi connectivity index (χ2n) is 6.86. The SMILES string of the molecule is CCc1cccc(C)c1N1CC(C(=O)NC(C)c2csc(C)n2)CC1=O. The summed E-state index contributed by atoms with van der Waals surface area (Å²) in [6, 6.07) is 5.93. The van der Waals surface area contributed by atoms with Crippen LogP contribution >= 0.6 is 11.3 Å². The molecule has 0 bridgehead atoms. The predicted molar refractivity (Wildman–Crippen MR) is 104 cm³/mol. The Morgan fingerprint density at radius 2 is 2.19 bits per heavy atom. The highest BCUT2D eigenvalue weighted by Crippen LogP contribution is 2.32. The van der Waals surface area contributed by atoms with Gasteiger partial charge >= 0.3 is 0 Å². The van der Waals surface area contributed by atoms with Gasteiger partial charge in [-0.3, -0.25) is 9.59 Å². The lowest BCUT2D eigenvalue weighted by atomic mass is 10.0. The van der Waals surface area contributed by atoms with Gasteiger partial charge in [-0.1, -0.05) is 25.1 Å². The molecular weight excluding hydrogens is 346 g/mol. The summed E-state index contributed by atoms with van der Waals surface area (Å²) in [7, 11) is 0. The molecule has 2 amide bonds. The number of carbonyl (C=O) groups excluding carboxylic acids is 2. The number of hydrogen-bond donors (Lipinski definition) is 1. The van der Waals surface area contributed by atoms with Gasteiger partial charge in [-0.15, -0.1) is 11.3 Å². The molecule has 1 aliphatic rings. The van der Waals surface area contributed by atoms with E-state index in [4.69, 9.17) is 0 Å². The van der Waals surface area contributed by atoms with Gasteiger partial charge in [-0.05, 0) is 38.3 Å². The van der Waals surface area contributed by atoms with Gasteiger partial charge in [0.15, 0.2) is 0 Å². The Labute approximate surface area is 158 Å². The molecule has 0 radical (unpaired) electrons. The number of aryl methyl sites for hydroxylation is 3. The fourth-order valence-corrected chi connectivity index (χ4v) is 4.18. The molecule has 2 aromatic rings. The lowest BCUT2D eigenvalue weighted by Gasteiger charge is -2.22. The van der Waals surface area contributed by atoms with Gasteiger partial charge < -0.3 is 10.2 Å². The van der Waals surface area contributed by atoms with Crippen molar-refractivity contribution in [3.05, 3.63) is 45.4 Å². The van der Waals surface area contributed by atoms with Crippen LogP contribution in [0.3, 0.4) is 0 Å². The van der Waals surface area contributed by atoms with E-state index in [0.29, 0.717) is 6.54 Å². The first kappa shape index (κ1) is 18.6. The van der Waals surface area contributed by atoms with E-state index in [9.17, 15) is 9.59 Å². The van der Waals surface area contributed by atoms with E-state index in [1.807, 2.05) is 38.3 Å². The minimum absolute atomic E-state index is 0.0197. The Balaban J connectivity index is 1.72. The largest absolute Gasteiger partial charge is 0.348 e. The summed E-state index contributed by atoms with van der Waals surface area (Å²) in [5, 5.41) is 5.96. The maximum absolute atomic E-state index is 12.7. The zero-order valence-corrected chi connectivity index (χ0v) is 16.5. The van der Waals surface area contributed by atoms with Gasteiger partial charge in [0.2, 0.25) is 11.8 Å². The molecule has 0 saturated carbocycles. The highest BCUT2D eigenvalue weighted by molar-refractivity contribution is 7.09. The topological polar surface area (TPSA) is 62.3 Å². The maximum atomic E-state index is 12.7. The van der Waals surface area contributed by atoms with Crippen molar-refractivity contribution in [2.75, 3.05) is 11.4 Å². The second kappa shape index (κ2) is 7.58. The number of thiazole rings is 1. The molecule has 6 heteroatoms. The lowest BCUT2D eigenvalue weighted by Crippen LogP contribution is -2.35. The predicted octanol–water partition coefficient (Wildman–Crippen LogP) is 3.55. The van der Waals surface area contributed by atoms with Crippen molar-refractivity contribution in [3.63, 3.8) is 0 Å². The fraction of sp³-hybridized carbons (Fsp3) is 0.450. The molecule has 26 heavy (non-hydrogen) atoms. The van der Waals surface area contributed by atoms with Gasteiger partial charge in [-0.2, -0.15) is 0 Å². The normalized spacial score (nSPS) is 18.2. The first-order valence-corrected chi connectivity index (χ1v) is 9.90. The van der Waals surface area contributed by atoms with Crippen LogP contribution in [0.15, 0.2) is 23.6 Å². The summed E-state index contributed by atoms with van der Waals surface area (Å²) in [6.07, 6.45) is 1.12. The molecule has 5 nitrogen and oxygen atoms in total. The molecular formula is C20H25N3O2S. The third-order valence-corrected chi connectivity index (χ3v) is 5.70. The Morgan fingerprint density at radius 3 is 2.85 bits per heavy atom. The number of anilines is 1. The molecule has 1 N–H and O–H groups in total. The average Bonchev–Trinajstić information content (AvgIpc) is 3.20. The number of hydrogen-bond acceptors (Lipinski definition) is 4. The molecule has 138 valence electrons. The lowest BCUT2D eigenvalue weighted by molar-refractivity contribution is -0.126. The van der Waals surface area contributed by atoms with E-state index in [-0.39, 0.29) is 30.2 Å². The number of carbonyl (C=O) groups is 2. The van der Waals surface area contributed by atoms with Crippen LogP contribution in [0.5, 0.6) is 0 Å². The van der Waals surface area contributed by atoms with Crippen LogP contribution < -0.4 is 10.2 Å². The van der Waals surface area contributed by atoms with E-state index < -0.39 is 0 Å². The molecule has 1 saturated heterocycles. The van der Waals surface area contributed by atoms with Crippen molar-refractivity contribution in [2.45, 2.75) is 46.6 Å². The van der Waals surface area contributed by atoms with E-state index >= 15 is 0 Å². The first-order chi connectivity index (χ1) is 12.4. The monoisotopic (exact) mass is 371 g/mol. The molecule has 2 unspecified atom stereocenters. The van der Waals surface area contributed by atoms with Crippen LogP contribution in [0.1, 0.15) is 48.1 Å². The highest BCUT2D eigenvalue weighted by Gasteiger charge is 2.36. The number of nitrogens with zero attached hydrogens (tertiary/aromatic N) is 2. The minimum Gasteiger partial charge on any atom is -0.348 e. The average molecular weight is 372 g/mol. The molecule has 2 atom stereocenters. The number of benzene rings is 1. The summed E-state index contributed by atoms with van der Waals surface area (Å²) in [5.41, 5.74) is 4.06. The molecule has 3 rings (SSSR count). The van der Waals surface area contributed by atoms with Crippen LogP contribution in [0, 0.1) is 19.8 Å². The second-order valence-corrected chi connectivity index (χ2v) is 7.93. The standard InChI is InChI=1S/C20H25N3O2S/c1-5-15-8-6-7-12(2)19(15)23-10-16(9-18(23)24)20(25)21-13(3)17-11-26-14(4)22-17/h6-8,11,13,16H,5,9-10H2,1-4H3,(H,21,25). The van der Waals surface area contributed by atoms with Crippen LogP contribution in [0.25, 0.3) is 0 Å². The molecule has 1 fully saturated rings. The van der Waals surface area contributed by atoms with Gasteiger partial charge in [0.25, 0.3) is 0 Å². The summed E-state index contributed by atoms with van der Waals surface area (Å²) < 4.78 is 0. The number of nitrogens with one attached hydrogen (secondary N) is 1. The Hall–Kier alpha value is -2.21. The molecule has 0 spiro atoms. The summed E-state index contributed by atoms with van der Waals surface area (Å²) in [5.74, 6) is -0.383. The van der Waals surface area contributed by atoms with Gasteiger partial charge in [0.05, 0.1) is 22.7 Å². The van der Waals surface area contributed by atoms with E-state index in [1.165, 1.54) is 0 Å². The van der Waals surface area contributed by atoms with Crippen molar-refractivity contribution in [1.29, 1.82) is 0 Å². The van der Waals surface area contributed by atoms with Crippen molar-refractivity contribution >= 4 is 28.8 Å². The van der Waals surface area contributed by atoms with E-state index in [0.717, 1.165) is 33.9 Å². The Bertz CT molecular complexity index is 830. The molecule has 0 aliphatic carbocycles. The van der Waals surface area contributed by atoms with Crippen molar-refractivity contribution in [3.8, 4) is 0 Å². The molecule has 1 aromatic carbocycles. The Kier molecular flexibility index (Phi) is 5.41. The van der Waals surface area contributed by atoms with Gasteiger partial charge in [-0.25, -0.2) is 4.98 Å². The molecule has 2 heterocycles. The highest BCUT2D eigenvalue weighted by atomic mass is 32.1. The summed E-state index contributed by atoms with van der Waals surface area (Å²) in [4.78, 5) is 31.5. The van der Waals surface area contributed by atoms with E-state index in [1.54, 1.807) is 16.2 Å². The van der Waals surface area contributed by atoms with Crippen LogP contribution in [-0.4, -0.2) is 23.3 Å². The van der Waals surface area contributed by atoms with Gasteiger partial charge in [0, 0.05) is 24.0 Å². The maximum Gasteiger partial charge on any atom is 0.227 e. The summed E-state index contributed by atoms with van der Waals surface area (Å²) >= 11 is 1.57. The smallest absolute Gasteiger partial charge is 0.227 e.